The summed E-state index contributed by atoms with van der Waals surface area (Å²) in [5.41, 5.74) is 1.44. The number of aliphatic hydroxyl groups excluding tert-OH is 1. The van der Waals surface area contributed by atoms with Gasteiger partial charge in [0.1, 0.15) is 12.5 Å². The Hall–Kier alpha value is -1.14. The van der Waals surface area contributed by atoms with E-state index >= 15 is 0 Å². The maximum absolute atomic E-state index is 10.0. The molecule has 1 N–H and O–H groups in total. The predicted octanol–water partition coefficient (Wildman–Crippen LogP) is 3.78. The first-order valence-corrected chi connectivity index (χ1v) is 8.52. The van der Waals surface area contributed by atoms with Gasteiger partial charge in [-0.15, -0.1) is 0 Å². The fourth-order valence-corrected chi connectivity index (χ4v) is 3.63. The van der Waals surface area contributed by atoms with Gasteiger partial charge in [-0.05, 0) is 35.4 Å². The summed E-state index contributed by atoms with van der Waals surface area (Å²) >= 11 is 12.0. The van der Waals surface area contributed by atoms with Crippen LogP contribution in [0.1, 0.15) is 23.6 Å². The van der Waals surface area contributed by atoms with Gasteiger partial charge >= 0.3 is 0 Å². The fraction of sp³-hybridized carbons (Fsp3) is 0.333. The lowest BCUT2D eigenvalue weighted by Gasteiger charge is -2.33. The van der Waals surface area contributed by atoms with E-state index in [0.717, 1.165) is 11.1 Å². The zero-order valence-electron chi connectivity index (χ0n) is 12.9. The molecule has 0 aliphatic carbocycles. The van der Waals surface area contributed by atoms with E-state index in [-0.39, 0.29) is 19.1 Å². The molecule has 3 atom stereocenters. The van der Waals surface area contributed by atoms with Crippen molar-refractivity contribution >= 4 is 23.2 Å². The molecule has 0 spiro atoms. The molecule has 2 aliphatic heterocycles. The predicted molar refractivity (Wildman–Crippen MR) is 91.9 cm³/mol. The van der Waals surface area contributed by atoms with Gasteiger partial charge in [0, 0.05) is 10.0 Å². The van der Waals surface area contributed by atoms with E-state index in [0.29, 0.717) is 23.3 Å². The minimum atomic E-state index is -0.533. The lowest BCUT2D eigenvalue weighted by molar-refractivity contribution is -0.0630. The molecule has 0 bridgehead atoms. The van der Waals surface area contributed by atoms with Gasteiger partial charge in [-0.3, -0.25) is 0 Å². The molecule has 0 amide bonds. The van der Waals surface area contributed by atoms with Crippen LogP contribution in [0, 0.1) is 0 Å². The minimum Gasteiger partial charge on any atom is -0.394 e. The Kier molecular flexibility index (Phi) is 4.29. The van der Waals surface area contributed by atoms with Crippen molar-refractivity contribution in [2.45, 2.75) is 18.0 Å². The molecule has 6 heteroatoms. The summed E-state index contributed by atoms with van der Waals surface area (Å²) in [5, 5.41) is 11.4. The third-order valence-electron chi connectivity index (χ3n) is 4.68. The van der Waals surface area contributed by atoms with Gasteiger partial charge < -0.3 is 14.6 Å². The molecule has 0 radical (unpaired) electrons. The standard InChI is InChI=1S/C18H17Cl2NO3/c19-14-5-1-12(2-6-14)16-21-17(13-3-7-15(20)8-4-13)24-11-18(21,9-22)10-23-16/h1-8,16-17,22H,9-11H2/t16-,17?,18-/m0/s1. The third kappa shape index (κ3) is 2.64. The quantitative estimate of drug-likeness (QED) is 0.898. The maximum atomic E-state index is 10.0. The first-order valence-electron chi connectivity index (χ1n) is 7.76. The number of hydrogen-bond donors (Lipinski definition) is 1. The molecule has 2 aromatic rings. The Labute approximate surface area is 150 Å². The van der Waals surface area contributed by atoms with E-state index in [9.17, 15) is 5.11 Å². The molecule has 0 saturated carbocycles. The normalized spacial score (nSPS) is 29.8. The van der Waals surface area contributed by atoms with Crippen LogP contribution in [-0.4, -0.2) is 35.4 Å². The van der Waals surface area contributed by atoms with Gasteiger partial charge in [0.15, 0.2) is 0 Å². The molecule has 2 aromatic carbocycles. The third-order valence-corrected chi connectivity index (χ3v) is 5.18. The number of hydrogen-bond acceptors (Lipinski definition) is 4. The Morgan fingerprint density at radius 2 is 1.29 bits per heavy atom. The molecule has 2 saturated heterocycles. The molecule has 0 aromatic heterocycles. The second-order valence-corrected chi connectivity index (χ2v) is 7.09. The van der Waals surface area contributed by atoms with Crippen LogP contribution >= 0.6 is 23.2 Å². The van der Waals surface area contributed by atoms with Crippen LogP contribution in [0.5, 0.6) is 0 Å². The SMILES string of the molecule is OC[C@]12COC(c3ccc(Cl)cc3)N1[C@H](c1ccc(Cl)cc1)OC2. The first kappa shape index (κ1) is 16.3. The molecule has 24 heavy (non-hydrogen) atoms. The number of halogens is 2. The second kappa shape index (κ2) is 6.30. The molecule has 4 rings (SSSR count). The largest absolute Gasteiger partial charge is 0.394 e. The highest BCUT2D eigenvalue weighted by Gasteiger charge is 2.56. The Morgan fingerprint density at radius 1 is 0.875 bits per heavy atom. The first-order chi connectivity index (χ1) is 11.6. The lowest BCUT2D eigenvalue weighted by Crippen LogP contribution is -2.47. The summed E-state index contributed by atoms with van der Waals surface area (Å²) in [6.07, 6.45) is -0.588. The zero-order chi connectivity index (χ0) is 16.7. The molecule has 2 fully saturated rings. The zero-order valence-corrected chi connectivity index (χ0v) is 14.4. The Bertz CT molecular complexity index is 663. The summed E-state index contributed by atoms with van der Waals surface area (Å²) < 4.78 is 12.1. The van der Waals surface area contributed by atoms with Crippen molar-refractivity contribution in [2.24, 2.45) is 0 Å². The summed E-state index contributed by atoms with van der Waals surface area (Å²) in [5.74, 6) is 0. The van der Waals surface area contributed by atoms with Crippen molar-refractivity contribution in [3.8, 4) is 0 Å². The van der Waals surface area contributed by atoms with E-state index in [2.05, 4.69) is 4.90 Å². The summed E-state index contributed by atoms with van der Waals surface area (Å²) in [6, 6.07) is 15.1. The van der Waals surface area contributed by atoms with Gasteiger partial charge in [-0.1, -0.05) is 47.5 Å². The van der Waals surface area contributed by atoms with Crippen LogP contribution in [0.25, 0.3) is 0 Å². The van der Waals surface area contributed by atoms with Gasteiger partial charge in [-0.2, -0.15) is 0 Å². The maximum Gasteiger partial charge on any atom is 0.139 e. The average molecular weight is 366 g/mol. The Morgan fingerprint density at radius 3 is 1.67 bits per heavy atom. The van der Waals surface area contributed by atoms with Crippen molar-refractivity contribution in [3.63, 3.8) is 0 Å². The number of fused-ring (bicyclic) bond motifs is 1. The topological polar surface area (TPSA) is 41.9 Å². The van der Waals surface area contributed by atoms with Crippen LogP contribution in [0.15, 0.2) is 48.5 Å². The number of aliphatic hydroxyl groups is 1. The number of rotatable bonds is 3. The van der Waals surface area contributed by atoms with Crippen LogP contribution in [0.2, 0.25) is 10.0 Å². The number of benzene rings is 2. The van der Waals surface area contributed by atoms with E-state index in [4.69, 9.17) is 32.7 Å². The highest BCUT2D eigenvalue weighted by Crippen LogP contribution is 2.48. The van der Waals surface area contributed by atoms with Crippen LogP contribution < -0.4 is 0 Å². The van der Waals surface area contributed by atoms with Crippen LogP contribution in [-0.2, 0) is 9.47 Å². The molecular formula is C18H17Cl2NO3. The molecule has 2 heterocycles. The molecule has 1 unspecified atom stereocenters. The molecule has 4 nitrogen and oxygen atoms in total. The monoisotopic (exact) mass is 365 g/mol. The van der Waals surface area contributed by atoms with E-state index in [1.807, 2.05) is 48.5 Å². The van der Waals surface area contributed by atoms with Crippen molar-refractivity contribution in [1.82, 2.24) is 4.90 Å². The highest BCUT2D eigenvalue weighted by atomic mass is 35.5. The minimum absolute atomic E-state index is 0.0266. The molecule has 126 valence electrons. The van der Waals surface area contributed by atoms with Crippen LogP contribution in [0.4, 0.5) is 0 Å². The average Bonchev–Trinajstić information content (AvgIpc) is 3.14. The smallest absolute Gasteiger partial charge is 0.139 e. The van der Waals surface area contributed by atoms with Crippen molar-refractivity contribution in [3.05, 3.63) is 69.7 Å². The Balaban J connectivity index is 1.72. The summed E-state index contributed by atoms with van der Waals surface area (Å²) in [6.45, 7) is 0.808. The molecule has 2 aliphatic rings. The van der Waals surface area contributed by atoms with Crippen molar-refractivity contribution < 1.29 is 14.6 Å². The number of nitrogens with zero attached hydrogens (tertiary/aromatic N) is 1. The van der Waals surface area contributed by atoms with Gasteiger partial charge in [0.25, 0.3) is 0 Å². The summed E-state index contributed by atoms with van der Waals surface area (Å²) in [4.78, 5) is 2.11. The molecular weight excluding hydrogens is 349 g/mol. The van der Waals surface area contributed by atoms with E-state index in [1.165, 1.54) is 0 Å². The lowest BCUT2D eigenvalue weighted by atomic mass is 10.0. The highest BCUT2D eigenvalue weighted by molar-refractivity contribution is 6.30. The van der Waals surface area contributed by atoms with Crippen molar-refractivity contribution in [1.29, 1.82) is 0 Å². The van der Waals surface area contributed by atoms with E-state index in [1.54, 1.807) is 0 Å². The van der Waals surface area contributed by atoms with Gasteiger partial charge in [0.05, 0.1) is 25.4 Å². The van der Waals surface area contributed by atoms with E-state index < -0.39 is 5.54 Å². The second-order valence-electron chi connectivity index (χ2n) is 6.22. The van der Waals surface area contributed by atoms with Crippen molar-refractivity contribution in [2.75, 3.05) is 19.8 Å². The van der Waals surface area contributed by atoms with Gasteiger partial charge in [0.2, 0.25) is 0 Å². The van der Waals surface area contributed by atoms with Crippen LogP contribution in [0.3, 0.4) is 0 Å². The summed E-state index contributed by atoms with van der Waals surface area (Å²) in [7, 11) is 0. The number of ether oxygens (including phenoxy) is 2. The van der Waals surface area contributed by atoms with Gasteiger partial charge in [-0.25, -0.2) is 4.90 Å². The fourth-order valence-electron chi connectivity index (χ4n) is 3.38.